The van der Waals surface area contributed by atoms with Crippen LogP contribution in [0.2, 0.25) is 0 Å². The van der Waals surface area contributed by atoms with Gasteiger partial charge in [-0.05, 0) is 44.2 Å². The Morgan fingerprint density at radius 1 is 1.19 bits per heavy atom. The molecule has 0 amide bonds. The van der Waals surface area contributed by atoms with Gasteiger partial charge in [0, 0.05) is 31.3 Å². The summed E-state index contributed by atoms with van der Waals surface area (Å²) in [6, 6.07) is 12.0. The van der Waals surface area contributed by atoms with Gasteiger partial charge in [0.2, 0.25) is 5.78 Å². The fourth-order valence-corrected chi connectivity index (χ4v) is 4.88. The highest BCUT2D eigenvalue weighted by Crippen LogP contribution is 2.42. The number of benzene rings is 2. The topological polar surface area (TPSA) is 54.8 Å². The zero-order valence-corrected chi connectivity index (χ0v) is 16.3. The Balaban J connectivity index is 1.67. The second kappa shape index (κ2) is 5.71. The first-order chi connectivity index (χ1) is 13.0. The van der Waals surface area contributed by atoms with E-state index >= 15 is 0 Å². The lowest BCUT2D eigenvalue weighted by Gasteiger charge is -2.32. The molecule has 3 heterocycles. The number of amidine groups is 1. The fourth-order valence-electron chi connectivity index (χ4n) is 4.07. The highest BCUT2D eigenvalue weighted by molar-refractivity contribution is 7.18. The number of methoxy groups -OCH3 is 1. The van der Waals surface area contributed by atoms with Crippen LogP contribution >= 0.6 is 11.3 Å². The van der Waals surface area contributed by atoms with Crippen molar-refractivity contribution in [1.29, 1.82) is 0 Å². The van der Waals surface area contributed by atoms with Crippen LogP contribution in [0.5, 0.6) is 0 Å². The van der Waals surface area contributed by atoms with Gasteiger partial charge in [-0.25, -0.2) is 9.98 Å². The van der Waals surface area contributed by atoms with Gasteiger partial charge in [-0.3, -0.25) is 4.79 Å². The number of hydrogen-bond acceptors (Lipinski definition) is 6. The summed E-state index contributed by atoms with van der Waals surface area (Å²) in [6.07, 6.45) is 0.586. The lowest BCUT2D eigenvalue weighted by Crippen LogP contribution is -2.50. The fraction of sp³-hybridized carbons (Fsp3) is 0.286. The molecular weight excluding hydrogens is 358 g/mol. The van der Waals surface area contributed by atoms with Crippen LogP contribution in [0.3, 0.4) is 0 Å². The number of carbonyl (C=O) groups is 1. The second-order valence-electron chi connectivity index (χ2n) is 7.10. The van der Waals surface area contributed by atoms with E-state index in [2.05, 4.69) is 28.1 Å². The van der Waals surface area contributed by atoms with Crippen molar-refractivity contribution in [2.45, 2.75) is 25.9 Å². The minimum absolute atomic E-state index is 0.00165. The molecule has 5 nitrogen and oxygen atoms in total. The highest BCUT2D eigenvalue weighted by atomic mass is 32.1. The number of aliphatic imine (C=N–C) groups is 1. The number of fused-ring (bicyclic) bond motifs is 3. The van der Waals surface area contributed by atoms with Crippen LogP contribution < -0.4 is 4.90 Å². The summed E-state index contributed by atoms with van der Waals surface area (Å²) in [4.78, 5) is 24.9. The van der Waals surface area contributed by atoms with Crippen LogP contribution in [0.15, 0.2) is 41.4 Å². The first kappa shape index (κ1) is 16.6. The highest BCUT2D eigenvalue weighted by Gasteiger charge is 2.54. The first-order valence-electron chi connectivity index (χ1n) is 8.96. The molecule has 136 valence electrons. The molecule has 2 aliphatic heterocycles. The van der Waals surface area contributed by atoms with E-state index in [1.807, 2.05) is 32.0 Å². The molecule has 6 heteroatoms. The summed E-state index contributed by atoms with van der Waals surface area (Å²) in [5.41, 5.74) is 3.37. The maximum absolute atomic E-state index is 13.4. The van der Waals surface area contributed by atoms with Crippen molar-refractivity contribution >= 4 is 44.5 Å². The summed E-state index contributed by atoms with van der Waals surface area (Å²) < 4.78 is 6.98. The number of nitrogens with zero attached hydrogens (tertiary/aromatic N) is 3. The zero-order chi connectivity index (χ0) is 18.8. The Kier molecular flexibility index (Phi) is 3.51. The van der Waals surface area contributed by atoms with Gasteiger partial charge in [0.15, 0.2) is 5.60 Å². The molecule has 0 radical (unpaired) electrons. The number of aromatic nitrogens is 1. The number of aryl methyl sites for hydroxylation is 2. The predicted octanol–water partition coefficient (Wildman–Crippen LogP) is 4.43. The van der Waals surface area contributed by atoms with Crippen LogP contribution in [-0.2, 0) is 4.74 Å². The quantitative estimate of drug-likeness (QED) is 0.663. The number of Topliss-reactive ketones (excluding diaryl/α,β-unsaturated/α-hetero) is 1. The molecule has 0 spiro atoms. The van der Waals surface area contributed by atoms with Crippen molar-refractivity contribution in [2.24, 2.45) is 4.99 Å². The summed E-state index contributed by atoms with van der Waals surface area (Å²) in [5.74, 6) is 0.680. The van der Waals surface area contributed by atoms with Crippen LogP contribution in [-0.4, -0.2) is 35.9 Å². The third-order valence-corrected chi connectivity index (χ3v) is 6.38. The molecule has 3 aromatic rings. The molecule has 0 aliphatic carbocycles. The third-order valence-electron chi connectivity index (χ3n) is 5.43. The Morgan fingerprint density at radius 2 is 2.04 bits per heavy atom. The molecule has 2 aliphatic rings. The number of rotatable bonds is 2. The van der Waals surface area contributed by atoms with Gasteiger partial charge in [-0.2, -0.15) is 0 Å². The normalized spacial score (nSPS) is 21.4. The van der Waals surface area contributed by atoms with Crippen molar-refractivity contribution in [3.05, 3.63) is 52.5 Å². The average molecular weight is 377 g/mol. The molecule has 1 saturated heterocycles. The van der Waals surface area contributed by atoms with Gasteiger partial charge >= 0.3 is 0 Å². The van der Waals surface area contributed by atoms with Crippen LogP contribution in [0.1, 0.15) is 27.3 Å². The maximum Gasteiger partial charge on any atom is 0.204 e. The molecule has 0 bridgehead atoms. The van der Waals surface area contributed by atoms with Gasteiger partial charge in [0.1, 0.15) is 5.84 Å². The Labute approximate surface area is 161 Å². The van der Waals surface area contributed by atoms with Gasteiger partial charge in [-0.1, -0.05) is 11.6 Å². The second-order valence-corrected chi connectivity index (χ2v) is 8.34. The third kappa shape index (κ3) is 2.30. The maximum atomic E-state index is 13.4. The van der Waals surface area contributed by atoms with Crippen molar-refractivity contribution in [2.75, 3.05) is 18.6 Å². The lowest BCUT2D eigenvalue weighted by molar-refractivity contribution is 0.0388. The Bertz CT molecular complexity index is 1130. The van der Waals surface area contributed by atoms with Gasteiger partial charge in [-0.15, -0.1) is 11.3 Å². The van der Waals surface area contributed by atoms with Gasteiger partial charge < -0.3 is 9.64 Å². The van der Waals surface area contributed by atoms with Gasteiger partial charge in [0.05, 0.1) is 20.9 Å². The number of ether oxygens (including phenoxy) is 1. The van der Waals surface area contributed by atoms with E-state index in [0.29, 0.717) is 30.1 Å². The molecule has 5 rings (SSSR count). The van der Waals surface area contributed by atoms with E-state index in [0.717, 1.165) is 26.5 Å². The molecule has 0 N–H and O–H groups in total. The van der Waals surface area contributed by atoms with E-state index in [-0.39, 0.29) is 5.78 Å². The Hall–Kier alpha value is -2.57. The summed E-state index contributed by atoms with van der Waals surface area (Å²) in [5, 5.41) is 1.05. The minimum atomic E-state index is -1.01. The molecule has 1 fully saturated rings. The van der Waals surface area contributed by atoms with Crippen molar-refractivity contribution in [3.63, 3.8) is 0 Å². The summed E-state index contributed by atoms with van der Waals surface area (Å²) >= 11 is 1.68. The van der Waals surface area contributed by atoms with E-state index in [1.165, 1.54) is 0 Å². The molecule has 0 unspecified atom stereocenters. The van der Waals surface area contributed by atoms with Crippen LogP contribution in [0.25, 0.3) is 10.2 Å². The first-order valence-corrected chi connectivity index (χ1v) is 9.78. The van der Waals surface area contributed by atoms with E-state index in [9.17, 15) is 4.79 Å². The zero-order valence-electron chi connectivity index (χ0n) is 15.4. The van der Waals surface area contributed by atoms with Crippen molar-refractivity contribution < 1.29 is 9.53 Å². The van der Waals surface area contributed by atoms with E-state index < -0.39 is 5.60 Å². The van der Waals surface area contributed by atoms with Crippen LogP contribution in [0.4, 0.5) is 11.4 Å². The molecule has 2 aromatic carbocycles. The SMILES string of the molecule is CO[C@@]12CCN(c3ccc4sc(C)nc4c3)C1=Nc1ccc(C)cc1C2=O. The molecule has 0 saturated carbocycles. The molecule has 27 heavy (non-hydrogen) atoms. The number of anilines is 1. The van der Waals surface area contributed by atoms with E-state index in [4.69, 9.17) is 9.73 Å². The standard InChI is InChI=1S/C21H19N3O2S/c1-12-4-6-16-15(10-12)19(25)21(26-3)8-9-24(20(21)23-16)14-5-7-18-17(11-14)22-13(2)27-18/h4-7,10-11H,8-9H2,1-3H3/t21-/m1/s1. The average Bonchev–Trinajstić information content (AvgIpc) is 3.22. The predicted molar refractivity (Wildman–Crippen MR) is 109 cm³/mol. The van der Waals surface area contributed by atoms with Crippen molar-refractivity contribution in [1.82, 2.24) is 4.98 Å². The molecule has 1 atom stereocenters. The molecular formula is C21H19N3O2S. The van der Waals surface area contributed by atoms with E-state index in [1.54, 1.807) is 18.4 Å². The number of carbonyl (C=O) groups excluding carboxylic acids is 1. The van der Waals surface area contributed by atoms with Crippen LogP contribution in [0, 0.1) is 13.8 Å². The summed E-state index contributed by atoms with van der Waals surface area (Å²) in [7, 11) is 1.60. The number of ketones is 1. The smallest absolute Gasteiger partial charge is 0.204 e. The lowest BCUT2D eigenvalue weighted by atomic mass is 9.86. The minimum Gasteiger partial charge on any atom is -0.362 e. The number of thiazole rings is 1. The molecule has 1 aromatic heterocycles. The monoisotopic (exact) mass is 377 g/mol. The number of hydrogen-bond donors (Lipinski definition) is 0. The largest absolute Gasteiger partial charge is 0.362 e. The van der Waals surface area contributed by atoms with Crippen molar-refractivity contribution in [3.8, 4) is 0 Å². The van der Waals surface area contributed by atoms with Gasteiger partial charge in [0.25, 0.3) is 0 Å². The Morgan fingerprint density at radius 3 is 2.85 bits per heavy atom. The summed E-state index contributed by atoms with van der Waals surface area (Å²) in [6.45, 7) is 4.68.